The number of rotatable bonds is 2. The standard InChI is InChI=1S/C18H12F3N3O3/c1-17(15(25)22-12-4-2-3-5-13(12)26-17)16-23-14(24-27-16)10-6-8-11(9-7-10)18(19,20)21/h2-9H,1H3,(H,22,25)/t17-/m1/s1. The monoisotopic (exact) mass is 375 g/mol. The zero-order chi connectivity index (χ0) is 19.2. The zero-order valence-electron chi connectivity index (χ0n) is 13.9. The van der Waals surface area contributed by atoms with Gasteiger partial charge in [0.15, 0.2) is 0 Å². The summed E-state index contributed by atoms with van der Waals surface area (Å²) in [5.74, 6) is -0.114. The van der Waals surface area contributed by atoms with E-state index in [1.165, 1.54) is 19.1 Å². The Labute approximate surface area is 151 Å². The normalized spacial score (nSPS) is 19.2. The molecule has 2 aromatic carbocycles. The van der Waals surface area contributed by atoms with E-state index in [1.54, 1.807) is 24.3 Å². The number of carbonyl (C=O) groups is 1. The van der Waals surface area contributed by atoms with Gasteiger partial charge in [0.1, 0.15) is 5.75 Å². The highest BCUT2D eigenvalue weighted by molar-refractivity contribution is 6.00. The molecule has 138 valence electrons. The number of para-hydroxylation sites is 2. The van der Waals surface area contributed by atoms with Crippen LogP contribution in [0.25, 0.3) is 11.4 Å². The molecule has 0 unspecified atom stereocenters. The molecule has 0 saturated carbocycles. The summed E-state index contributed by atoms with van der Waals surface area (Å²) >= 11 is 0. The second-order valence-electron chi connectivity index (χ2n) is 6.08. The van der Waals surface area contributed by atoms with E-state index in [4.69, 9.17) is 9.26 Å². The van der Waals surface area contributed by atoms with Gasteiger partial charge in [-0.15, -0.1) is 0 Å². The maximum atomic E-state index is 12.7. The summed E-state index contributed by atoms with van der Waals surface area (Å²) in [5, 5.41) is 6.47. The van der Waals surface area contributed by atoms with Gasteiger partial charge in [0.25, 0.3) is 17.4 Å². The number of benzene rings is 2. The molecule has 1 aliphatic rings. The van der Waals surface area contributed by atoms with Crippen LogP contribution in [0.4, 0.5) is 18.9 Å². The maximum Gasteiger partial charge on any atom is 0.416 e. The van der Waals surface area contributed by atoms with Crippen LogP contribution in [0, 0.1) is 0 Å². The van der Waals surface area contributed by atoms with E-state index in [0.29, 0.717) is 17.0 Å². The number of carbonyl (C=O) groups excluding carboxylic acids is 1. The Kier molecular flexibility index (Phi) is 3.69. The molecule has 0 spiro atoms. The zero-order valence-corrected chi connectivity index (χ0v) is 13.9. The first kappa shape index (κ1) is 17.1. The van der Waals surface area contributed by atoms with E-state index in [2.05, 4.69) is 15.5 Å². The highest BCUT2D eigenvalue weighted by Crippen LogP contribution is 2.38. The van der Waals surface area contributed by atoms with Gasteiger partial charge in [-0.3, -0.25) is 4.79 Å². The predicted octanol–water partition coefficient (Wildman–Crippen LogP) is 4.00. The van der Waals surface area contributed by atoms with E-state index >= 15 is 0 Å². The summed E-state index contributed by atoms with van der Waals surface area (Å²) in [6, 6.07) is 11.2. The Morgan fingerprint density at radius 1 is 1.07 bits per heavy atom. The van der Waals surface area contributed by atoms with Crippen molar-refractivity contribution in [1.29, 1.82) is 0 Å². The molecule has 3 aromatic rings. The van der Waals surface area contributed by atoms with E-state index in [0.717, 1.165) is 12.1 Å². The van der Waals surface area contributed by atoms with Crippen LogP contribution >= 0.6 is 0 Å². The molecule has 0 radical (unpaired) electrons. The van der Waals surface area contributed by atoms with Gasteiger partial charge >= 0.3 is 6.18 Å². The number of ether oxygens (including phenoxy) is 1. The van der Waals surface area contributed by atoms with E-state index < -0.39 is 23.2 Å². The molecular weight excluding hydrogens is 363 g/mol. The van der Waals surface area contributed by atoms with Crippen LogP contribution < -0.4 is 10.1 Å². The minimum atomic E-state index is -4.43. The van der Waals surface area contributed by atoms with Gasteiger partial charge in [0.2, 0.25) is 5.82 Å². The Morgan fingerprint density at radius 2 is 1.78 bits per heavy atom. The summed E-state index contributed by atoms with van der Waals surface area (Å²) < 4.78 is 49.0. The molecule has 9 heteroatoms. The van der Waals surface area contributed by atoms with Gasteiger partial charge in [0.05, 0.1) is 11.3 Å². The number of hydrogen-bond donors (Lipinski definition) is 1. The number of fused-ring (bicyclic) bond motifs is 1. The molecule has 2 heterocycles. The summed E-state index contributed by atoms with van der Waals surface area (Å²) in [5.41, 5.74) is -1.51. The molecule has 6 nitrogen and oxygen atoms in total. The summed E-state index contributed by atoms with van der Waals surface area (Å²) in [7, 11) is 0. The molecule has 1 aromatic heterocycles. The van der Waals surface area contributed by atoms with Crippen LogP contribution in [-0.2, 0) is 16.6 Å². The lowest BCUT2D eigenvalue weighted by Crippen LogP contribution is -2.46. The molecule has 0 aliphatic carbocycles. The van der Waals surface area contributed by atoms with E-state index in [1.807, 2.05) is 0 Å². The van der Waals surface area contributed by atoms with Crippen molar-refractivity contribution in [1.82, 2.24) is 10.1 Å². The summed E-state index contributed by atoms with van der Waals surface area (Å²) in [6.07, 6.45) is -4.43. The SMILES string of the molecule is C[C@@]1(c2nc(-c3ccc(C(F)(F)F)cc3)no2)Oc2ccccc2NC1=O. The van der Waals surface area contributed by atoms with Gasteiger partial charge in [-0.2, -0.15) is 18.2 Å². The fraction of sp³-hybridized carbons (Fsp3) is 0.167. The number of anilines is 1. The lowest BCUT2D eigenvalue weighted by atomic mass is 10.0. The lowest BCUT2D eigenvalue weighted by Gasteiger charge is -2.31. The van der Waals surface area contributed by atoms with E-state index in [-0.39, 0.29) is 11.7 Å². The molecule has 0 bridgehead atoms. The molecule has 0 fully saturated rings. The van der Waals surface area contributed by atoms with Crippen molar-refractivity contribution >= 4 is 11.6 Å². The Morgan fingerprint density at radius 3 is 2.48 bits per heavy atom. The van der Waals surface area contributed by atoms with Crippen molar-refractivity contribution in [2.75, 3.05) is 5.32 Å². The second-order valence-corrected chi connectivity index (χ2v) is 6.08. The fourth-order valence-corrected chi connectivity index (χ4v) is 2.65. The van der Waals surface area contributed by atoms with Crippen molar-refractivity contribution in [2.24, 2.45) is 0 Å². The Bertz CT molecular complexity index is 1010. The van der Waals surface area contributed by atoms with Gasteiger partial charge in [-0.05, 0) is 31.2 Å². The molecule has 1 atom stereocenters. The average molecular weight is 375 g/mol. The molecule has 27 heavy (non-hydrogen) atoms. The van der Waals surface area contributed by atoms with Gasteiger partial charge in [-0.25, -0.2) is 0 Å². The van der Waals surface area contributed by atoms with Crippen molar-refractivity contribution in [2.45, 2.75) is 18.7 Å². The first-order valence-electron chi connectivity index (χ1n) is 7.89. The fourth-order valence-electron chi connectivity index (χ4n) is 2.65. The third kappa shape index (κ3) is 2.90. The number of hydrogen-bond acceptors (Lipinski definition) is 5. The first-order valence-corrected chi connectivity index (χ1v) is 7.89. The lowest BCUT2D eigenvalue weighted by molar-refractivity contribution is -0.137. The molecule has 0 saturated heterocycles. The minimum Gasteiger partial charge on any atom is -0.466 e. The number of alkyl halides is 3. The van der Waals surface area contributed by atoms with Crippen LogP contribution in [0.15, 0.2) is 53.1 Å². The smallest absolute Gasteiger partial charge is 0.416 e. The number of amides is 1. The largest absolute Gasteiger partial charge is 0.466 e. The first-order chi connectivity index (χ1) is 12.8. The Hall–Kier alpha value is -3.36. The molecule has 1 amide bonds. The molecular formula is C18H12F3N3O3. The number of nitrogens with one attached hydrogen (secondary N) is 1. The number of aromatic nitrogens is 2. The highest BCUT2D eigenvalue weighted by Gasteiger charge is 2.47. The third-order valence-corrected chi connectivity index (χ3v) is 4.19. The maximum absolute atomic E-state index is 12.7. The topological polar surface area (TPSA) is 77.2 Å². The highest BCUT2D eigenvalue weighted by atomic mass is 19.4. The number of nitrogens with zero attached hydrogens (tertiary/aromatic N) is 2. The average Bonchev–Trinajstić information content (AvgIpc) is 3.13. The van der Waals surface area contributed by atoms with Crippen molar-refractivity contribution in [3.05, 3.63) is 60.0 Å². The van der Waals surface area contributed by atoms with Crippen LogP contribution in [0.3, 0.4) is 0 Å². The summed E-state index contributed by atoms with van der Waals surface area (Å²) in [4.78, 5) is 16.6. The van der Waals surface area contributed by atoms with Crippen LogP contribution in [0.1, 0.15) is 18.4 Å². The Balaban J connectivity index is 1.65. The minimum absolute atomic E-state index is 0.0511. The third-order valence-electron chi connectivity index (χ3n) is 4.19. The summed E-state index contributed by atoms with van der Waals surface area (Å²) in [6.45, 7) is 1.47. The van der Waals surface area contributed by atoms with Crippen LogP contribution in [0.2, 0.25) is 0 Å². The van der Waals surface area contributed by atoms with Gasteiger partial charge in [0, 0.05) is 5.56 Å². The van der Waals surface area contributed by atoms with Crippen molar-refractivity contribution < 1.29 is 27.2 Å². The number of halogens is 3. The van der Waals surface area contributed by atoms with E-state index in [9.17, 15) is 18.0 Å². The quantitative estimate of drug-likeness (QED) is 0.733. The van der Waals surface area contributed by atoms with Gasteiger partial charge in [-0.1, -0.05) is 29.4 Å². The molecule has 1 aliphatic heterocycles. The second kappa shape index (κ2) is 5.83. The van der Waals surface area contributed by atoms with Crippen LogP contribution in [-0.4, -0.2) is 16.0 Å². The van der Waals surface area contributed by atoms with Crippen molar-refractivity contribution in [3.63, 3.8) is 0 Å². The predicted molar refractivity (Wildman–Crippen MR) is 87.8 cm³/mol. The molecule has 1 N–H and O–H groups in total. The van der Waals surface area contributed by atoms with Crippen molar-refractivity contribution in [3.8, 4) is 17.1 Å². The van der Waals surface area contributed by atoms with Crippen LogP contribution in [0.5, 0.6) is 5.75 Å². The molecule has 4 rings (SSSR count). The van der Waals surface area contributed by atoms with Gasteiger partial charge < -0.3 is 14.6 Å².